The van der Waals surface area contributed by atoms with Gasteiger partial charge in [0.25, 0.3) is 10.0 Å². The van der Waals surface area contributed by atoms with Crippen LogP contribution in [-0.4, -0.2) is 49.5 Å². The normalized spacial score (nSPS) is 20.3. The molecule has 34 heavy (non-hydrogen) atoms. The maximum absolute atomic E-state index is 15.0. The molecule has 9 heteroatoms. The standard InChI is InChI=1S/C25H28F2N4O2S/c26-21-4-1-3-17(9-21)10-22-20(15-31-7-2-8-31)11-19-13-24(27)18(12-23(19)22)5-6-30-34(32,33)25-14-28-16-29-25/h1,3-4,9,12-14,16,20,22,30H,2,5-8,10-11,15H2,(H,28,29). The molecular formula is C25H28F2N4O2S. The molecule has 1 aliphatic heterocycles. The number of halogens is 2. The summed E-state index contributed by atoms with van der Waals surface area (Å²) in [6.07, 6.45) is 5.46. The Hall–Kier alpha value is -2.62. The minimum absolute atomic E-state index is 0.0223. The van der Waals surface area contributed by atoms with Gasteiger partial charge in [-0.25, -0.2) is 26.9 Å². The second-order valence-electron chi connectivity index (χ2n) is 9.26. The van der Waals surface area contributed by atoms with Crippen molar-refractivity contribution in [2.75, 3.05) is 26.2 Å². The van der Waals surface area contributed by atoms with Crippen molar-refractivity contribution in [2.45, 2.75) is 36.6 Å². The fourth-order valence-corrected chi connectivity index (χ4v) is 6.07. The van der Waals surface area contributed by atoms with Gasteiger partial charge in [-0.2, -0.15) is 0 Å². The number of imidazole rings is 1. The maximum Gasteiger partial charge on any atom is 0.257 e. The summed E-state index contributed by atoms with van der Waals surface area (Å²) in [6, 6.07) is 10.2. The van der Waals surface area contributed by atoms with Crippen molar-refractivity contribution < 1.29 is 17.2 Å². The van der Waals surface area contributed by atoms with Gasteiger partial charge in [0, 0.05) is 13.1 Å². The summed E-state index contributed by atoms with van der Waals surface area (Å²) < 4.78 is 55.9. The highest BCUT2D eigenvalue weighted by Gasteiger charge is 2.35. The van der Waals surface area contributed by atoms with Crippen LogP contribution in [-0.2, 0) is 29.3 Å². The van der Waals surface area contributed by atoms with Crippen LogP contribution in [0.3, 0.4) is 0 Å². The van der Waals surface area contributed by atoms with E-state index in [9.17, 15) is 17.2 Å². The molecule has 2 N–H and O–H groups in total. The van der Waals surface area contributed by atoms with E-state index in [0.717, 1.165) is 42.7 Å². The minimum Gasteiger partial charge on any atom is -0.335 e. The molecule has 6 nitrogen and oxygen atoms in total. The van der Waals surface area contributed by atoms with Crippen LogP contribution in [0.5, 0.6) is 0 Å². The summed E-state index contributed by atoms with van der Waals surface area (Å²) in [6.45, 7) is 3.21. The predicted molar refractivity (Wildman–Crippen MR) is 125 cm³/mol. The van der Waals surface area contributed by atoms with E-state index >= 15 is 0 Å². The Kier molecular flexibility index (Phi) is 6.50. The zero-order valence-electron chi connectivity index (χ0n) is 18.8. The molecule has 0 amide bonds. The Morgan fingerprint density at radius 2 is 2.03 bits per heavy atom. The fourth-order valence-electron chi connectivity index (χ4n) is 5.14. The van der Waals surface area contributed by atoms with Gasteiger partial charge in [0.1, 0.15) is 11.6 Å². The number of likely N-dealkylation sites (tertiary alicyclic amines) is 1. The summed E-state index contributed by atoms with van der Waals surface area (Å²) in [5.41, 5.74) is 3.53. The molecule has 1 fully saturated rings. The topological polar surface area (TPSA) is 78.1 Å². The number of sulfonamides is 1. The third-order valence-corrected chi connectivity index (χ3v) is 8.38. The van der Waals surface area contributed by atoms with Gasteiger partial charge in [0.05, 0.1) is 12.5 Å². The van der Waals surface area contributed by atoms with Crippen LogP contribution in [0.2, 0.25) is 0 Å². The van der Waals surface area contributed by atoms with Gasteiger partial charge >= 0.3 is 0 Å². The molecule has 0 saturated carbocycles. The lowest BCUT2D eigenvalue weighted by atomic mass is 9.85. The highest BCUT2D eigenvalue weighted by molar-refractivity contribution is 7.89. The molecule has 5 rings (SSSR count). The van der Waals surface area contributed by atoms with Crippen molar-refractivity contribution in [2.24, 2.45) is 5.92 Å². The highest BCUT2D eigenvalue weighted by Crippen LogP contribution is 2.42. The molecule has 2 aromatic carbocycles. The van der Waals surface area contributed by atoms with Gasteiger partial charge < -0.3 is 9.88 Å². The smallest absolute Gasteiger partial charge is 0.257 e. The van der Waals surface area contributed by atoms with Crippen molar-refractivity contribution in [1.29, 1.82) is 0 Å². The largest absolute Gasteiger partial charge is 0.335 e. The maximum atomic E-state index is 15.0. The Morgan fingerprint density at radius 3 is 2.74 bits per heavy atom. The summed E-state index contributed by atoms with van der Waals surface area (Å²) >= 11 is 0. The second kappa shape index (κ2) is 9.56. The summed E-state index contributed by atoms with van der Waals surface area (Å²) in [4.78, 5) is 8.73. The zero-order chi connectivity index (χ0) is 23.7. The van der Waals surface area contributed by atoms with Gasteiger partial charge in [-0.05, 0) is 91.1 Å². The number of aromatic nitrogens is 2. The van der Waals surface area contributed by atoms with Gasteiger partial charge in [-0.1, -0.05) is 18.2 Å². The Labute approximate surface area is 198 Å². The Bertz CT molecular complexity index is 1260. The third-order valence-electron chi connectivity index (χ3n) is 6.99. The van der Waals surface area contributed by atoms with Crippen LogP contribution in [0.4, 0.5) is 8.78 Å². The summed E-state index contributed by atoms with van der Waals surface area (Å²) in [7, 11) is -3.72. The molecule has 2 aliphatic rings. The molecule has 1 saturated heterocycles. The molecule has 3 aromatic rings. The van der Waals surface area contributed by atoms with E-state index in [-0.39, 0.29) is 35.5 Å². The van der Waals surface area contributed by atoms with Crippen LogP contribution in [0, 0.1) is 17.6 Å². The van der Waals surface area contributed by atoms with Crippen LogP contribution >= 0.6 is 0 Å². The quantitative estimate of drug-likeness (QED) is 0.486. The van der Waals surface area contributed by atoms with Crippen molar-refractivity contribution in [3.63, 3.8) is 0 Å². The van der Waals surface area contributed by atoms with Gasteiger partial charge in [-0.15, -0.1) is 0 Å². The highest BCUT2D eigenvalue weighted by atomic mass is 32.2. The number of nitrogens with one attached hydrogen (secondary N) is 2. The van der Waals surface area contributed by atoms with Crippen molar-refractivity contribution >= 4 is 10.0 Å². The van der Waals surface area contributed by atoms with E-state index in [0.29, 0.717) is 17.9 Å². The van der Waals surface area contributed by atoms with Crippen LogP contribution < -0.4 is 4.72 Å². The van der Waals surface area contributed by atoms with Crippen molar-refractivity contribution in [3.05, 3.63) is 82.8 Å². The SMILES string of the molecule is O=S(=O)(NCCc1cc2c(cc1F)CC(CN1CCC1)C2Cc1cccc(F)c1)c1cnc[nH]1. The first kappa shape index (κ1) is 23.1. The van der Waals surface area contributed by atoms with E-state index in [4.69, 9.17) is 0 Å². The first-order chi connectivity index (χ1) is 16.4. The van der Waals surface area contributed by atoms with E-state index in [1.165, 1.54) is 25.0 Å². The number of rotatable bonds is 9. The number of hydrogen-bond acceptors (Lipinski definition) is 4. The molecule has 0 radical (unpaired) electrons. The molecule has 2 atom stereocenters. The molecule has 0 bridgehead atoms. The lowest BCUT2D eigenvalue weighted by Gasteiger charge is -2.35. The van der Waals surface area contributed by atoms with Crippen molar-refractivity contribution in [3.8, 4) is 0 Å². The number of nitrogens with zero attached hydrogens (tertiary/aromatic N) is 2. The predicted octanol–water partition coefficient (Wildman–Crippen LogP) is 3.41. The minimum atomic E-state index is -3.72. The van der Waals surface area contributed by atoms with Crippen LogP contribution in [0.15, 0.2) is 53.9 Å². The average Bonchev–Trinajstić information content (AvgIpc) is 3.41. The average molecular weight is 487 g/mol. The molecule has 180 valence electrons. The van der Waals surface area contributed by atoms with Gasteiger partial charge in [0.2, 0.25) is 0 Å². The van der Waals surface area contributed by atoms with E-state index < -0.39 is 10.0 Å². The summed E-state index contributed by atoms with van der Waals surface area (Å²) in [5, 5.41) is -0.0223. The molecule has 2 unspecified atom stereocenters. The molecule has 0 spiro atoms. The third kappa shape index (κ3) is 4.92. The van der Waals surface area contributed by atoms with Gasteiger partial charge in [0.15, 0.2) is 5.03 Å². The second-order valence-corrected chi connectivity index (χ2v) is 11.0. The fraction of sp³-hybridized carbons (Fsp3) is 0.400. The number of fused-ring (bicyclic) bond motifs is 1. The lowest BCUT2D eigenvalue weighted by Crippen LogP contribution is -2.41. The van der Waals surface area contributed by atoms with E-state index in [2.05, 4.69) is 19.6 Å². The lowest BCUT2D eigenvalue weighted by molar-refractivity contribution is 0.145. The monoisotopic (exact) mass is 486 g/mol. The zero-order valence-corrected chi connectivity index (χ0v) is 19.6. The van der Waals surface area contributed by atoms with Crippen LogP contribution in [0.25, 0.3) is 0 Å². The van der Waals surface area contributed by atoms with Crippen molar-refractivity contribution in [1.82, 2.24) is 19.6 Å². The number of hydrogen-bond donors (Lipinski definition) is 2. The Morgan fingerprint density at radius 1 is 1.18 bits per heavy atom. The molecule has 1 aromatic heterocycles. The Balaban J connectivity index is 1.36. The number of benzene rings is 2. The molecule has 1 aliphatic carbocycles. The first-order valence-corrected chi connectivity index (χ1v) is 13.1. The first-order valence-electron chi connectivity index (χ1n) is 11.6. The van der Waals surface area contributed by atoms with Gasteiger partial charge in [-0.3, -0.25) is 0 Å². The number of aromatic amines is 1. The van der Waals surface area contributed by atoms with E-state index in [1.807, 2.05) is 12.1 Å². The van der Waals surface area contributed by atoms with E-state index in [1.54, 1.807) is 18.2 Å². The summed E-state index contributed by atoms with van der Waals surface area (Å²) in [5.74, 6) is -0.0570. The number of H-pyrrole nitrogens is 1. The van der Waals surface area contributed by atoms with Crippen LogP contribution in [0.1, 0.15) is 34.6 Å². The molecule has 2 heterocycles. The molecular weight excluding hydrogens is 458 g/mol.